The van der Waals surface area contributed by atoms with Crippen LogP contribution >= 0.6 is 0 Å². The minimum absolute atomic E-state index is 0.0549. The van der Waals surface area contributed by atoms with Gasteiger partial charge in [-0.3, -0.25) is 9.88 Å². The maximum atomic E-state index is 6.59. The molecule has 4 heteroatoms. The van der Waals surface area contributed by atoms with Gasteiger partial charge in [0.2, 0.25) is 0 Å². The summed E-state index contributed by atoms with van der Waals surface area (Å²) in [5, 5.41) is 0. The second-order valence-electron chi connectivity index (χ2n) is 4.97. The summed E-state index contributed by atoms with van der Waals surface area (Å²) in [6.07, 6.45) is 5.52. The number of likely N-dealkylation sites (N-methyl/N-ethyl adjacent to an activating group) is 1. The predicted octanol–water partition coefficient (Wildman–Crippen LogP) is 2.56. The van der Waals surface area contributed by atoms with Crippen molar-refractivity contribution in [3.63, 3.8) is 0 Å². The molecule has 4 N–H and O–H groups in total. The molecule has 1 atom stereocenters. The predicted molar refractivity (Wildman–Crippen MR) is 81.8 cm³/mol. The van der Waals surface area contributed by atoms with Crippen LogP contribution in [0.3, 0.4) is 0 Å². The van der Waals surface area contributed by atoms with Crippen molar-refractivity contribution in [1.82, 2.24) is 9.88 Å². The van der Waals surface area contributed by atoms with Crippen molar-refractivity contribution in [3.8, 4) is 0 Å². The molecule has 19 heavy (non-hydrogen) atoms. The van der Waals surface area contributed by atoms with Gasteiger partial charge in [-0.2, -0.15) is 0 Å². The van der Waals surface area contributed by atoms with Gasteiger partial charge in [0.1, 0.15) is 0 Å². The van der Waals surface area contributed by atoms with E-state index in [4.69, 9.17) is 11.5 Å². The fourth-order valence-corrected chi connectivity index (χ4v) is 3.15. The lowest BCUT2D eigenvalue weighted by Gasteiger charge is -2.46. The van der Waals surface area contributed by atoms with Gasteiger partial charge in [0, 0.05) is 29.2 Å². The molecule has 1 heterocycles. The van der Waals surface area contributed by atoms with Crippen LogP contribution in [0, 0.1) is 0 Å². The second-order valence-corrected chi connectivity index (χ2v) is 4.97. The lowest BCUT2D eigenvalue weighted by molar-refractivity contribution is 0.0626. The maximum Gasteiger partial charge on any atom is 0.0517 e. The van der Waals surface area contributed by atoms with Gasteiger partial charge in [-0.1, -0.05) is 27.7 Å². The fraction of sp³-hybridized carbons (Fsp3) is 0.667. The first-order valence-electron chi connectivity index (χ1n) is 7.27. The number of hydrogen-bond donors (Lipinski definition) is 2. The van der Waals surface area contributed by atoms with E-state index in [1.165, 1.54) is 0 Å². The molecule has 0 bridgehead atoms. The molecule has 1 rings (SSSR count). The van der Waals surface area contributed by atoms with Crippen molar-refractivity contribution in [2.45, 2.75) is 52.1 Å². The highest BCUT2D eigenvalue weighted by molar-refractivity contribution is 5.47. The number of aromatic nitrogens is 1. The first kappa shape index (κ1) is 15.9. The van der Waals surface area contributed by atoms with Crippen LogP contribution < -0.4 is 11.5 Å². The van der Waals surface area contributed by atoms with Crippen LogP contribution in [0.15, 0.2) is 18.5 Å². The Kier molecular flexibility index (Phi) is 5.76. The quantitative estimate of drug-likeness (QED) is 0.794. The zero-order valence-electron chi connectivity index (χ0n) is 12.7. The molecule has 0 aromatic carbocycles. The van der Waals surface area contributed by atoms with E-state index in [2.05, 4.69) is 37.6 Å². The Hall–Kier alpha value is -1.13. The molecule has 4 nitrogen and oxygen atoms in total. The van der Waals surface area contributed by atoms with E-state index in [-0.39, 0.29) is 11.6 Å². The third-order valence-corrected chi connectivity index (χ3v) is 4.42. The highest BCUT2D eigenvalue weighted by Gasteiger charge is 2.39. The Labute approximate surface area is 117 Å². The highest BCUT2D eigenvalue weighted by Crippen LogP contribution is 2.37. The van der Waals surface area contributed by atoms with Gasteiger partial charge in [0.05, 0.1) is 6.04 Å². The molecule has 0 fully saturated rings. The number of nitrogens with two attached hydrogens (primary N) is 2. The third-order valence-electron chi connectivity index (χ3n) is 4.42. The Morgan fingerprint density at radius 3 is 2.21 bits per heavy atom. The SMILES string of the molecule is CCN(CC)C(CC)(CC)C(N)c1cnccc1N. The Morgan fingerprint density at radius 1 is 1.21 bits per heavy atom. The van der Waals surface area contributed by atoms with E-state index in [1.54, 1.807) is 6.20 Å². The summed E-state index contributed by atoms with van der Waals surface area (Å²) in [4.78, 5) is 6.63. The lowest BCUT2D eigenvalue weighted by Crippen LogP contribution is -2.55. The topological polar surface area (TPSA) is 68.2 Å². The van der Waals surface area contributed by atoms with Crippen molar-refractivity contribution >= 4 is 5.69 Å². The number of rotatable bonds is 7. The summed E-state index contributed by atoms with van der Waals surface area (Å²) in [5.74, 6) is 0. The highest BCUT2D eigenvalue weighted by atomic mass is 15.2. The molecule has 1 unspecified atom stereocenters. The summed E-state index contributed by atoms with van der Waals surface area (Å²) >= 11 is 0. The van der Waals surface area contributed by atoms with Crippen molar-refractivity contribution < 1.29 is 0 Å². The molecular formula is C15H28N4. The molecule has 0 saturated carbocycles. The summed E-state index contributed by atoms with van der Waals surface area (Å²) in [6.45, 7) is 10.8. The average molecular weight is 264 g/mol. The van der Waals surface area contributed by atoms with E-state index in [0.717, 1.165) is 37.2 Å². The zero-order chi connectivity index (χ0) is 14.5. The maximum absolute atomic E-state index is 6.59. The molecule has 0 saturated heterocycles. The van der Waals surface area contributed by atoms with Crippen molar-refractivity contribution in [3.05, 3.63) is 24.0 Å². The molecule has 0 aliphatic rings. The largest absolute Gasteiger partial charge is 0.398 e. The van der Waals surface area contributed by atoms with Crippen LogP contribution in [0.1, 0.15) is 52.1 Å². The van der Waals surface area contributed by atoms with Gasteiger partial charge in [-0.05, 0) is 32.0 Å². The van der Waals surface area contributed by atoms with Gasteiger partial charge in [-0.15, -0.1) is 0 Å². The number of anilines is 1. The first-order valence-corrected chi connectivity index (χ1v) is 7.27. The monoisotopic (exact) mass is 264 g/mol. The number of nitrogen functional groups attached to an aromatic ring is 1. The summed E-state index contributed by atoms with van der Waals surface area (Å²) < 4.78 is 0. The molecule has 0 amide bonds. The van der Waals surface area contributed by atoms with Gasteiger partial charge in [0.25, 0.3) is 0 Å². The van der Waals surface area contributed by atoms with Crippen molar-refractivity contribution in [2.24, 2.45) is 5.73 Å². The standard InChI is InChI=1S/C15H28N4/c1-5-15(6-2,19(7-3)8-4)14(17)12-11-18-10-9-13(12)16/h9-11,14H,5-8,17H2,1-4H3,(H2,16,18). The summed E-state index contributed by atoms with van der Waals surface area (Å²) in [7, 11) is 0. The molecule has 0 aliphatic carbocycles. The van der Waals surface area contributed by atoms with Gasteiger partial charge < -0.3 is 11.5 Å². The van der Waals surface area contributed by atoms with E-state index in [0.29, 0.717) is 0 Å². The van der Waals surface area contributed by atoms with Gasteiger partial charge in [0.15, 0.2) is 0 Å². The van der Waals surface area contributed by atoms with E-state index >= 15 is 0 Å². The second kappa shape index (κ2) is 6.87. The number of nitrogens with zero attached hydrogens (tertiary/aromatic N) is 2. The number of pyridine rings is 1. The van der Waals surface area contributed by atoms with Crippen LogP contribution in [0.25, 0.3) is 0 Å². The average Bonchev–Trinajstić information content (AvgIpc) is 2.44. The third kappa shape index (κ3) is 2.90. The van der Waals surface area contributed by atoms with Crippen LogP contribution in [-0.2, 0) is 0 Å². The first-order chi connectivity index (χ1) is 9.07. The molecule has 1 aromatic rings. The van der Waals surface area contributed by atoms with Gasteiger partial charge in [-0.25, -0.2) is 0 Å². The normalized spacial score (nSPS) is 13.8. The van der Waals surface area contributed by atoms with E-state index in [9.17, 15) is 0 Å². The van der Waals surface area contributed by atoms with E-state index < -0.39 is 0 Å². The van der Waals surface area contributed by atoms with Crippen LogP contribution in [-0.4, -0.2) is 28.5 Å². The minimum Gasteiger partial charge on any atom is -0.398 e. The fourth-order valence-electron chi connectivity index (χ4n) is 3.15. The Morgan fingerprint density at radius 2 is 1.79 bits per heavy atom. The van der Waals surface area contributed by atoms with Crippen molar-refractivity contribution in [2.75, 3.05) is 18.8 Å². The molecule has 0 radical (unpaired) electrons. The molecule has 108 valence electrons. The van der Waals surface area contributed by atoms with Crippen LogP contribution in [0.4, 0.5) is 5.69 Å². The Balaban J connectivity index is 3.22. The molecule has 0 aliphatic heterocycles. The molecular weight excluding hydrogens is 236 g/mol. The van der Waals surface area contributed by atoms with Crippen LogP contribution in [0.5, 0.6) is 0 Å². The summed E-state index contributed by atoms with van der Waals surface area (Å²) in [5.41, 5.74) is 14.3. The molecule has 0 spiro atoms. The molecule has 1 aromatic heterocycles. The van der Waals surface area contributed by atoms with Crippen molar-refractivity contribution in [1.29, 1.82) is 0 Å². The zero-order valence-corrected chi connectivity index (χ0v) is 12.7. The van der Waals surface area contributed by atoms with Crippen LogP contribution in [0.2, 0.25) is 0 Å². The lowest BCUT2D eigenvalue weighted by atomic mass is 9.79. The van der Waals surface area contributed by atoms with Gasteiger partial charge >= 0.3 is 0 Å². The Bertz CT molecular complexity index is 383. The minimum atomic E-state index is -0.115. The smallest absolute Gasteiger partial charge is 0.0517 e. The summed E-state index contributed by atoms with van der Waals surface area (Å²) in [6, 6.07) is 1.71. The van der Waals surface area contributed by atoms with E-state index in [1.807, 2.05) is 12.3 Å². The number of hydrogen-bond acceptors (Lipinski definition) is 4.